The number of aliphatic hydroxyl groups is 1. The van der Waals surface area contributed by atoms with Crippen molar-refractivity contribution >= 4 is 11.6 Å². The van der Waals surface area contributed by atoms with Gasteiger partial charge in [0, 0.05) is 19.2 Å². The van der Waals surface area contributed by atoms with Gasteiger partial charge in [0.25, 0.3) is 0 Å². The van der Waals surface area contributed by atoms with Crippen LogP contribution >= 0.6 is 0 Å². The summed E-state index contributed by atoms with van der Waals surface area (Å²) in [6.07, 6.45) is 6.89. The number of aromatic nitrogens is 1. The van der Waals surface area contributed by atoms with E-state index in [2.05, 4.69) is 21.7 Å². The maximum atomic E-state index is 9.27. The number of hydrogen-bond donors (Lipinski definition) is 3. The molecule has 1 saturated carbocycles. The maximum Gasteiger partial charge on any atom is 0.146 e. The molecule has 1 aliphatic rings. The molecule has 0 bridgehead atoms. The van der Waals surface area contributed by atoms with Crippen molar-refractivity contribution < 1.29 is 5.11 Å². The molecule has 0 aliphatic heterocycles. The van der Waals surface area contributed by atoms with Crippen LogP contribution in [0.4, 0.5) is 11.6 Å². The van der Waals surface area contributed by atoms with Crippen molar-refractivity contribution in [2.45, 2.75) is 51.5 Å². The summed E-state index contributed by atoms with van der Waals surface area (Å²) in [5.74, 6) is 1.45. The summed E-state index contributed by atoms with van der Waals surface area (Å²) in [5.41, 5.74) is 1.51. The lowest BCUT2D eigenvalue weighted by atomic mass is 9.95. The number of nitrogens with zero attached hydrogens (tertiary/aromatic N) is 2. The van der Waals surface area contributed by atoms with Crippen molar-refractivity contribution in [2.24, 2.45) is 0 Å². The molecule has 0 aromatic carbocycles. The van der Waals surface area contributed by atoms with Crippen LogP contribution in [0.2, 0.25) is 0 Å². The van der Waals surface area contributed by atoms with Crippen molar-refractivity contribution in [1.82, 2.24) is 4.98 Å². The second-order valence-electron chi connectivity index (χ2n) is 5.64. The SMILES string of the molecule is Cc1cc(NC2CCCCC2)nc(NCCCO)c1C#N. The smallest absolute Gasteiger partial charge is 0.146 e. The number of aliphatic hydroxyl groups excluding tert-OH is 1. The first-order valence-corrected chi connectivity index (χ1v) is 7.77. The fraction of sp³-hybridized carbons (Fsp3) is 0.625. The molecule has 1 fully saturated rings. The molecular weight excluding hydrogens is 264 g/mol. The van der Waals surface area contributed by atoms with E-state index in [0.29, 0.717) is 30.4 Å². The lowest BCUT2D eigenvalue weighted by Crippen LogP contribution is -2.23. The van der Waals surface area contributed by atoms with Crippen LogP contribution in [0, 0.1) is 18.3 Å². The van der Waals surface area contributed by atoms with Crippen molar-refractivity contribution in [3.63, 3.8) is 0 Å². The van der Waals surface area contributed by atoms with Crippen LogP contribution in [-0.4, -0.2) is 29.3 Å². The van der Waals surface area contributed by atoms with Gasteiger partial charge in [-0.2, -0.15) is 5.26 Å². The maximum absolute atomic E-state index is 9.27. The molecule has 114 valence electrons. The fourth-order valence-corrected chi connectivity index (χ4v) is 2.76. The molecule has 1 heterocycles. The molecule has 21 heavy (non-hydrogen) atoms. The molecule has 2 rings (SSSR count). The monoisotopic (exact) mass is 288 g/mol. The van der Waals surface area contributed by atoms with Crippen LogP contribution < -0.4 is 10.6 Å². The Labute approximate surface area is 126 Å². The summed E-state index contributed by atoms with van der Waals surface area (Å²) < 4.78 is 0. The average Bonchev–Trinajstić information content (AvgIpc) is 2.48. The molecule has 1 aromatic rings. The van der Waals surface area contributed by atoms with Crippen molar-refractivity contribution in [2.75, 3.05) is 23.8 Å². The zero-order valence-electron chi connectivity index (χ0n) is 12.7. The third-order valence-corrected chi connectivity index (χ3v) is 3.91. The minimum Gasteiger partial charge on any atom is -0.396 e. The normalized spacial score (nSPS) is 15.5. The topological polar surface area (TPSA) is 81.0 Å². The van der Waals surface area contributed by atoms with Crippen molar-refractivity contribution in [3.8, 4) is 6.07 Å². The molecular formula is C16H24N4O. The summed E-state index contributed by atoms with van der Waals surface area (Å²) in [4.78, 5) is 4.54. The molecule has 1 aromatic heterocycles. The fourth-order valence-electron chi connectivity index (χ4n) is 2.76. The Kier molecular flexibility index (Phi) is 5.82. The Hall–Kier alpha value is -1.80. The number of rotatable bonds is 6. The molecule has 0 saturated heterocycles. The molecule has 5 heteroatoms. The summed E-state index contributed by atoms with van der Waals surface area (Å²) in [7, 11) is 0. The van der Waals surface area contributed by atoms with Gasteiger partial charge in [-0.1, -0.05) is 19.3 Å². The standard InChI is InChI=1S/C16H24N4O/c1-12-10-15(19-13-6-3-2-4-7-13)20-16(14(12)11-17)18-8-5-9-21/h10,13,21H,2-9H2,1H3,(H2,18,19,20). The average molecular weight is 288 g/mol. The van der Waals surface area contributed by atoms with E-state index in [0.717, 1.165) is 11.4 Å². The number of aryl methyl sites for hydroxylation is 1. The Bertz CT molecular complexity index is 504. The van der Waals surface area contributed by atoms with Crippen molar-refractivity contribution in [1.29, 1.82) is 5.26 Å². The van der Waals surface area contributed by atoms with Gasteiger partial charge in [-0.05, 0) is 37.8 Å². The minimum absolute atomic E-state index is 0.133. The van der Waals surface area contributed by atoms with E-state index in [1.807, 2.05) is 13.0 Å². The lowest BCUT2D eigenvalue weighted by molar-refractivity contribution is 0.292. The van der Waals surface area contributed by atoms with E-state index in [4.69, 9.17) is 5.11 Å². The van der Waals surface area contributed by atoms with Gasteiger partial charge in [-0.25, -0.2) is 4.98 Å². The second-order valence-corrected chi connectivity index (χ2v) is 5.64. The Balaban J connectivity index is 2.12. The first-order valence-electron chi connectivity index (χ1n) is 7.77. The molecule has 1 aliphatic carbocycles. The highest BCUT2D eigenvalue weighted by molar-refractivity contribution is 5.60. The number of hydrogen-bond acceptors (Lipinski definition) is 5. The van der Waals surface area contributed by atoms with E-state index in [-0.39, 0.29) is 6.61 Å². The van der Waals surface area contributed by atoms with Crippen LogP contribution in [0.5, 0.6) is 0 Å². The highest BCUT2D eigenvalue weighted by atomic mass is 16.3. The number of nitriles is 1. The molecule has 0 spiro atoms. The quantitative estimate of drug-likeness (QED) is 0.701. The largest absolute Gasteiger partial charge is 0.396 e. The number of pyridine rings is 1. The Morgan fingerprint density at radius 1 is 1.38 bits per heavy atom. The summed E-state index contributed by atoms with van der Waals surface area (Å²) >= 11 is 0. The lowest BCUT2D eigenvalue weighted by Gasteiger charge is -2.24. The van der Waals surface area contributed by atoms with E-state index >= 15 is 0 Å². The zero-order valence-corrected chi connectivity index (χ0v) is 12.7. The third-order valence-electron chi connectivity index (χ3n) is 3.91. The third kappa shape index (κ3) is 4.33. The predicted molar refractivity (Wildman–Crippen MR) is 84.4 cm³/mol. The van der Waals surface area contributed by atoms with Gasteiger partial charge in [-0.3, -0.25) is 0 Å². The van der Waals surface area contributed by atoms with Crippen LogP contribution in [-0.2, 0) is 0 Å². The number of nitrogens with one attached hydrogen (secondary N) is 2. The van der Waals surface area contributed by atoms with Crippen LogP contribution in [0.25, 0.3) is 0 Å². The molecule has 0 atom stereocenters. The van der Waals surface area contributed by atoms with E-state index in [1.54, 1.807) is 0 Å². The van der Waals surface area contributed by atoms with Gasteiger partial charge in [0.2, 0.25) is 0 Å². The first kappa shape index (κ1) is 15.6. The molecule has 0 unspecified atom stereocenters. The van der Waals surface area contributed by atoms with Gasteiger partial charge in [-0.15, -0.1) is 0 Å². The minimum atomic E-state index is 0.133. The molecule has 0 radical (unpaired) electrons. The van der Waals surface area contributed by atoms with E-state index in [9.17, 15) is 5.26 Å². The molecule has 3 N–H and O–H groups in total. The first-order chi connectivity index (χ1) is 10.2. The predicted octanol–water partition coefficient (Wildman–Crippen LogP) is 2.80. The zero-order chi connectivity index (χ0) is 15.1. The van der Waals surface area contributed by atoms with Gasteiger partial charge >= 0.3 is 0 Å². The van der Waals surface area contributed by atoms with Crippen LogP contribution in [0.15, 0.2) is 6.07 Å². The highest BCUT2D eigenvalue weighted by Crippen LogP contribution is 2.24. The van der Waals surface area contributed by atoms with Gasteiger partial charge in [0.05, 0.1) is 5.56 Å². The van der Waals surface area contributed by atoms with E-state index < -0.39 is 0 Å². The van der Waals surface area contributed by atoms with E-state index in [1.165, 1.54) is 32.1 Å². The summed E-state index contributed by atoms with van der Waals surface area (Å²) in [6.45, 7) is 2.68. The summed E-state index contributed by atoms with van der Waals surface area (Å²) in [5, 5.41) is 24.8. The van der Waals surface area contributed by atoms with Gasteiger partial charge in [0.1, 0.15) is 17.7 Å². The molecule has 5 nitrogen and oxygen atoms in total. The highest BCUT2D eigenvalue weighted by Gasteiger charge is 2.15. The van der Waals surface area contributed by atoms with Gasteiger partial charge in [0.15, 0.2) is 0 Å². The van der Waals surface area contributed by atoms with Crippen LogP contribution in [0.1, 0.15) is 49.7 Å². The number of anilines is 2. The Morgan fingerprint density at radius 2 is 2.14 bits per heavy atom. The van der Waals surface area contributed by atoms with Crippen molar-refractivity contribution in [3.05, 3.63) is 17.2 Å². The van der Waals surface area contributed by atoms with Gasteiger partial charge < -0.3 is 15.7 Å². The van der Waals surface area contributed by atoms with Crippen LogP contribution in [0.3, 0.4) is 0 Å². The second kappa shape index (κ2) is 7.84. The molecule has 0 amide bonds. The Morgan fingerprint density at radius 3 is 2.81 bits per heavy atom. The summed E-state index contributed by atoms with van der Waals surface area (Å²) in [6, 6.07) is 4.64.